The normalized spacial score (nSPS) is 19.6. The lowest BCUT2D eigenvalue weighted by atomic mass is 9.67. The van der Waals surface area contributed by atoms with Gasteiger partial charge in [0, 0.05) is 28.8 Å². The lowest BCUT2D eigenvalue weighted by molar-refractivity contribution is -0.146. The van der Waals surface area contributed by atoms with Crippen molar-refractivity contribution >= 4 is 35.6 Å². The Morgan fingerprint density at radius 1 is 1.06 bits per heavy atom. The zero-order chi connectivity index (χ0) is 37.7. The van der Waals surface area contributed by atoms with Crippen LogP contribution in [0, 0.1) is 34.7 Å². The number of rotatable bonds is 13. The number of thioether (sulfide) groups is 1. The standard InChI is InChI=1S/C38H32F3N5O6S/c1-23(53-27-18-51-34(52-19-27)9-5-2-6-25-11-10-24(16-42)14-32(25)40)38(20-45-22-43-21-44-45,30-13-12-26(39)15-33(30)41)31(37(49)50)17-46-35(47)28-7-3-4-8-29(28)36(46)48/h2-15,21-23,27,31,34H,17-20H2,1H3,(H,49,50)/b6-2+,9-5+/t23-,27-,31?,34-,38+/m1/s1. The fourth-order valence-electron chi connectivity index (χ4n) is 6.66. The molecule has 0 radical (unpaired) electrons. The molecule has 1 N–H and O–H groups in total. The molecule has 1 saturated heterocycles. The largest absolute Gasteiger partial charge is 0.481 e. The van der Waals surface area contributed by atoms with E-state index in [0.717, 1.165) is 17.0 Å². The Hall–Kier alpha value is -5.56. The van der Waals surface area contributed by atoms with Crippen LogP contribution in [0.2, 0.25) is 0 Å². The van der Waals surface area contributed by atoms with Gasteiger partial charge in [-0.15, -0.1) is 11.8 Å². The Labute approximate surface area is 306 Å². The molecule has 272 valence electrons. The number of carbonyl (C=O) groups is 3. The summed E-state index contributed by atoms with van der Waals surface area (Å²) in [5.41, 5.74) is -1.17. The Morgan fingerprint density at radius 3 is 2.38 bits per heavy atom. The summed E-state index contributed by atoms with van der Waals surface area (Å²) in [5, 5.41) is 22.8. The first-order valence-electron chi connectivity index (χ1n) is 16.4. The molecular formula is C38H32F3N5O6S. The SMILES string of the molecule is C[C@@H](S[C@H]1CO[C@H](/C=C/C=C/c2ccc(C#N)cc2F)OC1)[C@@](Cn1cncn1)(c1ccc(F)cc1F)C(CN1C(=O)c2ccccc2C1=O)C(=O)O. The van der Waals surface area contributed by atoms with Crippen LogP contribution in [-0.4, -0.2) is 79.1 Å². The highest BCUT2D eigenvalue weighted by atomic mass is 32.2. The third-order valence-corrected chi connectivity index (χ3v) is 10.8. The van der Waals surface area contributed by atoms with Crippen molar-refractivity contribution < 1.29 is 42.1 Å². The average Bonchev–Trinajstić information content (AvgIpc) is 3.74. The second-order valence-electron chi connectivity index (χ2n) is 12.4. The fourth-order valence-corrected chi connectivity index (χ4v) is 8.16. The molecule has 2 aliphatic heterocycles. The van der Waals surface area contributed by atoms with E-state index in [9.17, 15) is 28.3 Å². The van der Waals surface area contributed by atoms with Crippen molar-refractivity contribution in [2.75, 3.05) is 19.8 Å². The number of aliphatic carboxylic acids is 1. The van der Waals surface area contributed by atoms with Crippen molar-refractivity contribution in [2.24, 2.45) is 5.92 Å². The monoisotopic (exact) mass is 743 g/mol. The quantitative estimate of drug-likeness (QED) is 0.135. The van der Waals surface area contributed by atoms with Crippen LogP contribution in [-0.2, 0) is 26.2 Å². The minimum absolute atomic E-state index is 0.121. The number of ether oxygens (including phenoxy) is 2. The van der Waals surface area contributed by atoms with Gasteiger partial charge in [0.15, 0.2) is 6.29 Å². The summed E-state index contributed by atoms with van der Waals surface area (Å²) in [6.45, 7) is 1.08. The average molecular weight is 744 g/mol. The molecule has 2 amide bonds. The number of carbonyl (C=O) groups excluding carboxylic acids is 2. The van der Waals surface area contributed by atoms with Crippen LogP contribution < -0.4 is 0 Å². The van der Waals surface area contributed by atoms with E-state index >= 15 is 4.39 Å². The fraction of sp³-hybridized carbons (Fsp3) is 0.263. The number of nitriles is 1. The lowest BCUT2D eigenvalue weighted by Gasteiger charge is -2.45. The highest BCUT2D eigenvalue weighted by Gasteiger charge is 2.54. The van der Waals surface area contributed by atoms with Crippen LogP contribution in [0.25, 0.3) is 6.08 Å². The van der Waals surface area contributed by atoms with Gasteiger partial charge in [0.05, 0.1) is 53.7 Å². The number of aromatic nitrogens is 3. The number of halogens is 3. The molecule has 0 saturated carbocycles. The summed E-state index contributed by atoms with van der Waals surface area (Å²) in [5.74, 6) is -6.84. The highest BCUT2D eigenvalue weighted by molar-refractivity contribution is 8.00. The molecule has 1 unspecified atom stereocenters. The maximum absolute atomic E-state index is 16.1. The molecule has 0 bridgehead atoms. The maximum atomic E-state index is 16.1. The first-order valence-corrected chi connectivity index (χ1v) is 17.3. The first-order chi connectivity index (χ1) is 25.5. The number of benzene rings is 3. The highest BCUT2D eigenvalue weighted by Crippen LogP contribution is 2.47. The van der Waals surface area contributed by atoms with Crippen LogP contribution in [0.15, 0.2) is 91.5 Å². The predicted octanol–water partition coefficient (Wildman–Crippen LogP) is 5.63. The second-order valence-corrected chi connectivity index (χ2v) is 14.1. The molecular weight excluding hydrogens is 712 g/mol. The van der Waals surface area contributed by atoms with Gasteiger partial charge in [-0.05, 0) is 42.0 Å². The van der Waals surface area contributed by atoms with E-state index < -0.39 is 69.9 Å². The molecule has 0 spiro atoms. The van der Waals surface area contributed by atoms with E-state index in [1.807, 2.05) is 6.07 Å². The third-order valence-electron chi connectivity index (χ3n) is 9.29. The molecule has 0 aliphatic carbocycles. The van der Waals surface area contributed by atoms with E-state index in [2.05, 4.69) is 10.1 Å². The van der Waals surface area contributed by atoms with Gasteiger partial charge >= 0.3 is 5.97 Å². The van der Waals surface area contributed by atoms with Crippen molar-refractivity contribution in [2.45, 2.75) is 35.7 Å². The summed E-state index contributed by atoms with van der Waals surface area (Å²) < 4.78 is 57.7. The van der Waals surface area contributed by atoms with E-state index in [4.69, 9.17) is 14.7 Å². The van der Waals surface area contributed by atoms with E-state index in [-0.39, 0.29) is 42.0 Å². The lowest BCUT2D eigenvalue weighted by Crippen LogP contribution is -2.55. The molecule has 11 nitrogen and oxygen atoms in total. The number of imide groups is 1. The van der Waals surface area contributed by atoms with Gasteiger partial charge < -0.3 is 14.6 Å². The molecule has 1 fully saturated rings. The Bertz CT molecular complexity index is 2080. The van der Waals surface area contributed by atoms with Crippen LogP contribution in [0.4, 0.5) is 13.2 Å². The molecule has 3 aromatic carbocycles. The number of amides is 2. The number of fused-ring (bicyclic) bond motifs is 1. The number of carboxylic acid groups (broad SMARTS) is 1. The Balaban J connectivity index is 1.27. The van der Waals surface area contributed by atoms with Crippen LogP contribution in [0.3, 0.4) is 0 Å². The molecule has 1 aromatic heterocycles. The molecule has 53 heavy (non-hydrogen) atoms. The van der Waals surface area contributed by atoms with Gasteiger partial charge in [0.1, 0.15) is 30.1 Å². The smallest absolute Gasteiger partial charge is 0.309 e. The van der Waals surface area contributed by atoms with Crippen LogP contribution in [0.1, 0.15) is 44.3 Å². The van der Waals surface area contributed by atoms with Crippen LogP contribution in [0.5, 0.6) is 0 Å². The van der Waals surface area contributed by atoms with Gasteiger partial charge in [-0.1, -0.05) is 49.4 Å². The predicted molar refractivity (Wildman–Crippen MR) is 187 cm³/mol. The maximum Gasteiger partial charge on any atom is 0.309 e. The topological polar surface area (TPSA) is 148 Å². The zero-order valence-corrected chi connectivity index (χ0v) is 29.0. The van der Waals surface area contributed by atoms with Gasteiger partial charge in [-0.3, -0.25) is 24.0 Å². The number of carboxylic acids is 1. The zero-order valence-electron chi connectivity index (χ0n) is 28.1. The minimum Gasteiger partial charge on any atom is -0.481 e. The number of hydrogen-bond acceptors (Lipinski definition) is 9. The van der Waals surface area contributed by atoms with Gasteiger partial charge in [-0.25, -0.2) is 18.2 Å². The van der Waals surface area contributed by atoms with Crippen molar-refractivity contribution in [3.05, 3.63) is 137 Å². The van der Waals surface area contributed by atoms with E-state index in [1.165, 1.54) is 65.5 Å². The van der Waals surface area contributed by atoms with Gasteiger partial charge in [0.2, 0.25) is 0 Å². The summed E-state index contributed by atoms with van der Waals surface area (Å²) >= 11 is 1.26. The number of allylic oxidation sites excluding steroid dienone is 2. The van der Waals surface area contributed by atoms with Gasteiger partial charge in [-0.2, -0.15) is 10.4 Å². The molecule has 3 atom stereocenters. The molecule has 6 rings (SSSR count). The van der Waals surface area contributed by atoms with Gasteiger partial charge in [0.25, 0.3) is 11.8 Å². The summed E-state index contributed by atoms with van der Waals surface area (Å²) in [4.78, 5) is 45.2. The first kappa shape index (κ1) is 37.2. The molecule has 3 heterocycles. The minimum atomic E-state index is -1.76. The third kappa shape index (κ3) is 7.80. The van der Waals surface area contributed by atoms with Crippen molar-refractivity contribution in [3.63, 3.8) is 0 Å². The van der Waals surface area contributed by atoms with Crippen LogP contribution >= 0.6 is 11.8 Å². The van der Waals surface area contributed by atoms with E-state index in [1.54, 1.807) is 37.3 Å². The van der Waals surface area contributed by atoms with Crippen molar-refractivity contribution in [1.29, 1.82) is 5.26 Å². The van der Waals surface area contributed by atoms with Crippen molar-refractivity contribution in [1.82, 2.24) is 19.7 Å². The number of nitrogens with zero attached hydrogens (tertiary/aromatic N) is 5. The van der Waals surface area contributed by atoms with E-state index in [0.29, 0.717) is 11.6 Å². The number of hydrogen-bond donors (Lipinski definition) is 1. The summed E-state index contributed by atoms with van der Waals surface area (Å²) in [6.07, 6.45) is 8.17. The Kier molecular flexibility index (Phi) is 11.2. The second kappa shape index (κ2) is 16.0. The summed E-state index contributed by atoms with van der Waals surface area (Å²) in [6, 6.07) is 15.0. The Morgan fingerprint density at radius 2 is 1.77 bits per heavy atom. The van der Waals surface area contributed by atoms with Crippen molar-refractivity contribution in [3.8, 4) is 6.07 Å². The molecule has 4 aromatic rings. The molecule has 2 aliphatic rings. The molecule has 15 heteroatoms. The summed E-state index contributed by atoms with van der Waals surface area (Å²) in [7, 11) is 0.